The maximum atomic E-state index is 10.5. The summed E-state index contributed by atoms with van der Waals surface area (Å²) in [6, 6.07) is 2.97. The summed E-state index contributed by atoms with van der Waals surface area (Å²) in [6.07, 6.45) is -0.746. The molecule has 3 N–H and O–H groups in total. The Kier molecular flexibility index (Phi) is 4.67. The van der Waals surface area contributed by atoms with Crippen LogP contribution in [-0.4, -0.2) is 39.8 Å². The maximum absolute atomic E-state index is 10.5. The van der Waals surface area contributed by atoms with E-state index in [0.29, 0.717) is 17.3 Å². The first-order chi connectivity index (χ1) is 7.13. The van der Waals surface area contributed by atoms with Crippen molar-refractivity contribution in [2.45, 2.75) is 11.9 Å². The van der Waals surface area contributed by atoms with E-state index >= 15 is 0 Å². The fourth-order valence-electron chi connectivity index (χ4n) is 0.919. The average Bonchev–Trinajstić information content (AvgIpc) is 2.66. The van der Waals surface area contributed by atoms with Gasteiger partial charge < -0.3 is 19.7 Å². The minimum atomic E-state index is -1.10. The zero-order valence-electron chi connectivity index (χ0n) is 7.92. The molecule has 0 saturated carbocycles. The van der Waals surface area contributed by atoms with Crippen LogP contribution in [0.3, 0.4) is 0 Å². The molecule has 0 amide bonds. The summed E-state index contributed by atoms with van der Waals surface area (Å²) in [6.45, 7) is -0.272. The van der Waals surface area contributed by atoms with Gasteiger partial charge in [-0.3, -0.25) is 0 Å². The lowest BCUT2D eigenvalue weighted by molar-refractivity contribution is 0.0661. The minimum absolute atomic E-state index is 0.0895. The quantitative estimate of drug-likeness (QED) is 0.664. The highest BCUT2D eigenvalue weighted by molar-refractivity contribution is 7.98. The second kappa shape index (κ2) is 5.79. The van der Waals surface area contributed by atoms with Crippen molar-refractivity contribution in [3.63, 3.8) is 0 Å². The maximum Gasteiger partial charge on any atom is 0.371 e. The molecular formula is C9H12O5S. The van der Waals surface area contributed by atoms with E-state index in [1.54, 1.807) is 6.07 Å². The zero-order chi connectivity index (χ0) is 11.3. The molecule has 1 unspecified atom stereocenters. The summed E-state index contributed by atoms with van der Waals surface area (Å²) in [5.74, 6) is 0.224. The Bertz CT molecular complexity index is 322. The van der Waals surface area contributed by atoms with Gasteiger partial charge in [-0.15, -0.1) is 0 Å². The summed E-state index contributed by atoms with van der Waals surface area (Å²) in [7, 11) is 0. The molecule has 0 aliphatic heterocycles. The van der Waals surface area contributed by atoms with E-state index in [1.165, 1.54) is 17.8 Å². The number of hydrogen-bond donors (Lipinski definition) is 3. The molecule has 1 rings (SSSR count). The summed E-state index contributed by atoms with van der Waals surface area (Å²) in [5.41, 5.74) is 0. The number of hydrogen-bond acceptors (Lipinski definition) is 5. The van der Waals surface area contributed by atoms with Crippen molar-refractivity contribution in [3.05, 3.63) is 23.7 Å². The fourth-order valence-corrected chi connectivity index (χ4v) is 1.77. The number of carboxylic acids is 1. The lowest BCUT2D eigenvalue weighted by atomic mass is 10.4. The molecule has 0 radical (unpaired) electrons. The van der Waals surface area contributed by atoms with Crippen molar-refractivity contribution in [2.24, 2.45) is 0 Å². The molecule has 0 saturated heterocycles. The van der Waals surface area contributed by atoms with E-state index < -0.39 is 12.1 Å². The van der Waals surface area contributed by atoms with E-state index in [0.717, 1.165) is 0 Å². The second-order valence-corrected chi connectivity index (χ2v) is 3.95. The van der Waals surface area contributed by atoms with Gasteiger partial charge in [-0.1, -0.05) is 0 Å². The minimum Gasteiger partial charge on any atom is -0.475 e. The lowest BCUT2D eigenvalue weighted by Gasteiger charge is -2.04. The van der Waals surface area contributed by atoms with Crippen molar-refractivity contribution in [3.8, 4) is 0 Å². The van der Waals surface area contributed by atoms with Gasteiger partial charge in [0.05, 0.1) is 18.5 Å². The van der Waals surface area contributed by atoms with Crippen LogP contribution in [0.15, 0.2) is 16.5 Å². The number of rotatable bonds is 6. The molecule has 84 valence electrons. The Labute approximate surface area is 90.7 Å². The van der Waals surface area contributed by atoms with Gasteiger partial charge >= 0.3 is 5.97 Å². The van der Waals surface area contributed by atoms with Gasteiger partial charge in [-0.2, -0.15) is 11.8 Å². The van der Waals surface area contributed by atoms with Crippen LogP contribution >= 0.6 is 11.8 Å². The number of carbonyl (C=O) groups is 1. The van der Waals surface area contributed by atoms with Crippen molar-refractivity contribution in [1.29, 1.82) is 0 Å². The van der Waals surface area contributed by atoms with Crippen LogP contribution in [0.5, 0.6) is 0 Å². The molecule has 5 nitrogen and oxygen atoms in total. The molecule has 15 heavy (non-hydrogen) atoms. The molecule has 1 heterocycles. The van der Waals surface area contributed by atoms with Gasteiger partial charge in [-0.25, -0.2) is 4.79 Å². The van der Waals surface area contributed by atoms with Gasteiger partial charge in [0.15, 0.2) is 0 Å². The second-order valence-electron chi connectivity index (χ2n) is 2.92. The molecular weight excluding hydrogens is 220 g/mol. The molecule has 0 bridgehead atoms. The molecule has 0 fully saturated rings. The van der Waals surface area contributed by atoms with Gasteiger partial charge in [-0.05, 0) is 12.1 Å². The van der Waals surface area contributed by atoms with Gasteiger partial charge in [0.25, 0.3) is 0 Å². The number of thioether (sulfide) groups is 1. The molecule has 1 aromatic heterocycles. The predicted molar refractivity (Wildman–Crippen MR) is 54.9 cm³/mol. The smallest absolute Gasteiger partial charge is 0.371 e. The van der Waals surface area contributed by atoms with Crippen LogP contribution in [0.2, 0.25) is 0 Å². The third kappa shape index (κ3) is 3.94. The highest BCUT2D eigenvalue weighted by Crippen LogP contribution is 2.16. The van der Waals surface area contributed by atoms with Crippen LogP contribution in [-0.2, 0) is 5.75 Å². The van der Waals surface area contributed by atoms with E-state index in [2.05, 4.69) is 0 Å². The van der Waals surface area contributed by atoms with Crippen LogP contribution in [0.4, 0.5) is 0 Å². The van der Waals surface area contributed by atoms with Crippen molar-refractivity contribution in [2.75, 3.05) is 12.4 Å². The Morgan fingerprint density at radius 3 is 2.80 bits per heavy atom. The first-order valence-corrected chi connectivity index (χ1v) is 5.47. The highest BCUT2D eigenvalue weighted by atomic mass is 32.2. The Morgan fingerprint density at radius 2 is 2.27 bits per heavy atom. The summed E-state index contributed by atoms with van der Waals surface area (Å²) >= 11 is 1.37. The highest BCUT2D eigenvalue weighted by Gasteiger charge is 2.09. The van der Waals surface area contributed by atoms with Crippen molar-refractivity contribution in [1.82, 2.24) is 0 Å². The van der Waals surface area contributed by atoms with Crippen molar-refractivity contribution >= 4 is 17.7 Å². The molecule has 1 aromatic rings. The van der Waals surface area contributed by atoms with Crippen LogP contribution in [0.1, 0.15) is 16.3 Å². The number of aromatic carboxylic acids is 1. The van der Waals surface area contributed by atoms with Gasteiger partial charge in [0.2, 0.25) is 5.76 Å². The largest absolute Gasteiger partial charge is 0.475 e. The summed E-state index contributed by atoms with van der Waals surface area (Å²) in [5, 5.41) is 26.2. The average molecular weight is 232 g/mol. The molecule has 1 atom stereocenters. The molecule has 0 aromatic carbocycles. The molecule has 6 heteroatoms. The zero-order valence-corrected chi connectivity index (χ0v) is 8.74. The Hall–Kier alpha value is -0.980. The van der Waals surface area contributed by atoms with E-state index in [1.807, 2.05) is 0 Å². The number of carboxylic acid groups (broad SMARTS) is 1. The van der Waals surface area contributed by atoms with Crippen LogP contribution in [0.25, 0.3) is 0 Å². The van der Waals surface area contributed by atoms with Crippen LogP contribution < -0.4 is 0 Å². The molecule has 0 aliphatic carbocycles. The number of aliphatic hydroxyl groups is 2. The summed E-state index contributed by atoms with van der Waals surface area (Å²) < 4.78 is 5.00. The topological polar surface area (TPSA) is 90.9 Å². The van der Waals surface area contributed by atoms with E-state index in [4.69, 9.17) is 19.7 Å². The standard InChI is InChI=1S/C9H12O5S/c10-3-6(11)4-15-5-7-1-2-8(14-7)9(12)13/h1-2,6,10-11H,3-5H2,(H,12,13). The normalized spacial score (nSPS) is 12.7. The number of aliphatic hydroxyl groups excluding tert-OH is 2. The third-order valence-electron chi connectivity index (χ3n) is 1.64. The molecule has 0 aliphatic rings. The lowest BCUT2D eigenvalue weighted by Crippen LogP contribution is -2.14. The fraction of sp³-hybridized carbons (Fsp3) is 0.444. The SMILES string of the molecule is O=C(O)c1ccc(CSCC(O)CO)o1. The Morgan fingerprint density at radius 1 is 1.53 bits per heavy atom. The monoisotopic (exact) mass is 232 g/mol. The number of furan rings is 1. The van der Waals surface area contributed by atoms with Gasteiger partial charge in [0.1, 0.15) is 5.76 Å². The van der Waals surface area contributed by atoms with Crippen molar-refractivity contribution < 1.29 is 24.5 Å². The first-order valence-electron chi connectivity index (χ1n) is 4.32. The molecule has 0 spiro atoms. The first kappa shape index (κ1) is 12.1. The predicted octanol–water partition coefficient (Wildman–Crippen LogP) is 0.564. The van der Waals surface area contributed by atoms with Crippen LogP contribution in [0, 0.1) is 0 Å². The third-order valence-corrected chi connectivity index (χ3v) is 2.75. The summed E-state index contributed by atoms with van der Waals surface area (Å²) in [4.78, 5) is 10.5. The van der Waals surface area contributed by atoms with Gasteiger partial charge in [0, 0.05) is 5.75 Å². The Balaban J connectivity index is 2.35. The van der Waals surface area contributed by atoms with E-state index in [-0.39, 0.29) is 12.4 Å². The van der Waals surface area contributed by atoms with E-state index in [9.17, 15) is 4.79 Å².